The first-order chi connectivity index (χ1) is 13.2. The molecule has 0 fully saturated rings. The number of hydrogen-bond acceptors (Lipinski definition) is 4. The number of nitrogens with one attached hydrogen (secondary N) is 1. The normalized spacial score (nSPS) is 10.7. The first-order valence-electron chi connectivity index (χ1n) is 8.55. The van der Waals surface area contributed by atoms with Crippen molar-refractivity contribution in [1.29, 1.82) is 0 Å². The van der Waals surface area contributed by atoms with E-state index in [0.29, 0.717) is 17.9 Å². The zero-order valence-electron chi connectivity index (χ0n) is 14.8. The molecule has 27 heavy (non-hydrogen) atoms. The van der Waals surface area contributed by atoms with E-state index >= 15 is 0 Å². The molecule has 7 nitrogen and oxygen atoms in total. The third kappa shape index (κ3) is 3.77. The van der Waals surface area contributed by atoms with Gasteiger partial charge in [0, 0.05) is 11.9 Å². The predicted molar refractivity (Wildman–Crippen MR) is 102 cm³/mol. The minimum Gasteiger partial charge on any atom is -0.321 e. The van der Waals surface area contributed by atoms with Crippen LogP contribution in [0.2, 0.25) is 0 Å². The van der Waals surface area contributed by atoms with Crippen molar-refractivity contribution >= 4 is 11.6 Å². The Morgan fingerprint density at radius 3 is 2.70 bits per heavy atom. The van der Waals surface area contributed by atoms with Gasteiger partial charge in [-0.05, 0) is 36.8 Å². The molecule has 0 unspecified atom stereocenters. The van der Waals surface area contributed by atoms with Crippen LogP contribution >= 0.6 is 0 Å². The van der Waals surface area contributed by atoms with Gasteiger partial charge in [0.2, 0.25) is 0 Å². The standard InChI is InChI=1S/C20H18N6O/c1-15-23-21-14-26(15)18-9-5-8-17(12-18)22-20(27)19-10-11-25(24-19)13-16-6-3-2-4-7-16/h2-12,14H,13H2,1H3,(H,22,27). The smallest absolute Gasteiger partial charge is 0.276 e. The maximum atomic E-state index is 12.5. The van der Waals surface area contributed by atoms with Crippen molar-refractivity contribution in [2.24, 2.45) is 0 Å². The highest BCUT2D eigenvalue weighted by atomic mass is 16.1. The van der Waals surface area contributed by atoms with Crippen molar-refractivity contribution in [3.63, 3.8) is 0 Å². The number of benzene rings is 2. The summed E-state index contributed by atoms with van der Waals surface area (Å²) in [6.45, 7) is 2.49. The summed E-state index contributed by atoms with van der Waals surface area (Å²) in [6.07, 6.45) is 3.44. The molecule has 2 aromatic heterocycles. The molecule has 0 bridgehead atoms. The third-order valence-electron chi connectivity index (χ3n) is 4.16. The van der Waals surface area contributed by atoms with E-state index in [1.807, 2.05) is 66.1 Å². The molecule has 0 radical (unpaired) electrons. The van der Waals surface area contributed by atoms with Gasteiger partial charge in [-0.2, -0.15) is 5.10 Å². The second-order valence-corrected chi connectivity index (χ2v) is 6.14. The van der Waals surface area contributed by atoms with Gasteiger partial charge in [0.1, 0.15) is 12.2 Å². The van der Waals surface area contributed by atoms with Crippen LogP contribution in [0, 0.1) is 6.92 Å². The lowest BCUT2D eigenvalue weighted by molar-refractivity contribution is 0.102. The molecule has 0 saturated carbocycles. The maximum Gasteiger partial charge on any atom is 0.276 e. The van der Waals surface area contributed by atoms with Crippen LogP contribution in [-0.4, -0.2) is 30.5 Å². The topological polar surface area (TPSA) is 77.6 Å². The van der Waals surface area contributed by atoms with Crippen molar-refractivity contribution in [2.75, 3.05) is 5.32 Å². The van der Waals surface area contributed by atoms with Crippen molar-refractivity contribution < 1.29 is 4.79 Å². The van der Waals surface area contributed by atoms with Gasteiger partial charge in [-0.3, -0.25) is 14.0 Å². The zero-order valence-corrected chi connectivity index (χ0v) is 14.8. The zero-order chi connectivity index (χ0) is 18.6. The van der Waals surface area contributed by atoms with Gasteiger partial charge in [0.15, 0.2) is 5.69 Å². The minimum atomic E-state index is -0.251. The monoisotopic (exact) mass is 358 g/mol. The highest BCUT2D eigenvalue weighted by Crippen LogP contribution is 2.16. The summed E-state index contributed by atoms with van der Waals surface area (Å²) in [7, 11) is 0. The van der Waals surface area contributed by atoms with Crippen molar-refractivity contribution in [1.82, 2.24) is 24.5 Å². The van der Waals surface area contributed by atoms with E-state index in [0.717, 1.165) is 17.1 Å². The van der Waals surface area contributed by atoms with Crippen molar-refractivity contribution in [3.05, 3.63) is 90.3 Å². The van der Waals surface area contributed by atoms with Gasteiger partial charge in [-0.25, -0.2) is 0 Å². The van der Waals surface area contributed by atoms with Crippen LogP contribution in [0.5, 0.6) is 0 Å². The minimum absolute atomic E-state index is 0.251. The van der Waals surface area contributed by atoms with Gasteiger partial charge >= 0.3 is 0 Å². The molecule has 7 heteroatoms. The number of nitrogens with zero attached hydrogens (tertiary/aromatic N) is 5. The molecule has 0 atom stereocenters. The van der Waals surface area contributed by atoms with E-state index in [1.165, 1.54) is 0 Å². The van der Waals surface area contributed by atoms with E-state index in [-0.39, 0.29) is 5.91 Å². The Bertz CT molecular complexity index is 1070. The van der Waals surface area contributed by atoms with Crippen LogP contribution in [0.4, 0.5) is 5.69 Å². The van der Waals surface area contributed by atoms with E-state index < -0.39 is 0 Å². The molecular weight excluding hydrogens is 340 g/mol. The summed E-state index contributed by atoms with van der Waals surface area (Å²) in [5.74, 6) is 0.526. The number of carbonyl (C=O) groups is 1. The molecule has 0 spiro atoms. The Morgan fingerprint density at radius 2 is 1.93 bits per heavy atom. The Hall–Kier alpha value is -3.74. The van der Waals surface area contributed by atoms with Crippen molar-refractivity contribution in [3.8, 4) is 5.69 Å². The number of aryl methyl sites for hydroxylation is 1. The Balaban J connectivity index is 1.48. The Morgan fingerprint density at radius 1 is 1.07 bits per heavy atom. The van der Waals surface area contributed by atoms with Gasteiger partial charge < -0.3 is 5.32 Å². The summed E-state index contributed by atoms with van der Waals surface area (Å²) in [5, 5.41) is 15.1. The molecule has 4 aromatic rings. The quantitative estimate of drug-likeness (QED) is 0.595. The van der Waals surface area contributed by atoms with Crippen LogP contribution in [0.3, 0.4) is 0 Å². The summed E-state index contributed by atoms with van der Waals surface area (Å²) < 4.78 is 3.60. The maximum absolute atomic E-state index is 12.5. The van der Waals surface area contributed by atoms with Crippen molar-refractivity contribution in [2.45, 2.75) is 13.5 Å². The second kappa shape index (κ2) is 7.25. The van der Waals surface area contributed by atoms with E-state index in [1.54, 1.807) is 23.3 Å². The molecule has 0 aliphatic carbocycles. The summed E-state index contributed by atoms with van der Waals surface area (Å²) in [4.78, 5) is 12.5. The number of amides is 1. The molecule has 0 saturated heterocycles. The van der Waals surface area contributed by atoms with Gasteiger partial charge in [0.25, 0.3) is 5.91 Å². The highest BCUT2D eigenvalue weighted by molar-refractivity contribution is 6.02. The number of rotatable bonds is 5. The summed E-state index contributed by atoms with van der Waals surface area (Å²) in [5.41, 5.74) is 3.06. The molecule has 1 amide bonds. The fourth-order valence-electron chi connectivity index (χ4n) is 2.82. The van der Waals surface area contributed by atoms with Crippen LogP contribution in [-0.2, 0) is 6.54 Å². The average Bonchev–Trinajstić information content (AvgIpc) is 3.32. The summed E-state index contributed by atoms with van der Waals surface area (Å²) in [6, 6.07) is 19.2. The first kappa shape index (κ1) is 16.7. The fourth-order valence-corrected chi connectivity index (χ4v) is 2.82. The predicted octanol–water partition coefficient (Wildman–Crippen LogP) is 3.07. The van der Waals surface area contributed by atoms with Crippen LogP contribution in [0.25, 0.3) is 5.69 Å². The SMILES string of the molecule is Cc1nncn1-c1cccc(NC(=O)c2ccn(Cc3ccccc3)n2)c1. The third-order valence-corrected chi connectivity index (χ3v) is 4.16. The number of hydrogen-bond donors (Lipinski definition) is 1. The lowest BCUT2D eigenvalue weighted by atomic mass is 10.2. The fraction of sp³-hybridized carbons (Fsp3) is 0.100. The number of carbonyl (C=O) groups excluding carboxylic acids is 1. The lowest BCUT2D eigenvalue weighted by Gasteiger charge is -2.08. The van der Waals surface area contributed by atoms with Gasteiger partial charge in [-0.1, -0.05) is 36.4 Å². The average molecular weight is 358 g/mol. The molecule has 2 heterocycles. The Kier molecular flexibility index (Phi) is 4.49. The van der Waals surface area contributed by atoms with E-state index in [4.69, 9.17) is 0 Å². The molecule has 134 valence electrons. The van der Waals surface area contributed by atoms with Crippen LogP contribution < -0.4 is 5.32 Å². The van der Waals surface area contributed by atoms with Crippen LogP contribution in [0.1, 0.15) is 21.9 Å². The molecule has 4 rings (SSSR count). The van der Waals surface area contributed by atoms with E-state index in [2.05, 4.69) is 20.6 Å². The first-order valence-corrected chi connectivity index (χ1v) is 8.55. The second-order valence-electron chi connectivity index (χ2n) is 6.14. The van der Waals surface area contributed by atoms with Crippen LogP contribution in [0.15, 0.2) is 73.2 Å². The number of aromatic nitrogens is 5. The lowest BCUT2D eigenvalue weighted by Crippen LogP contribution is -2.14. The Labute approximate surface area is 156 Å². The molecular formula is C20H18N6O. The number of anilines is 1. The molecule has 2 aromatic carbocycles. The van der Waals surface area contributed by atoms with Gasteiger partial charge in [-0.15, -0.1) is 10.2 Å². The largest absolute Gasteiger partial charge is 0.321 e. The molecule has 0 aliphatic rings. The van der Waals surface area contributed by atoms with Gasteiger partial charge in [0.05, 0.1) is 12.2 Å². The molecule has 1 N–H and O–H groups in total. The molecule has 0 aliphatic heterocycles. The van der Waals surface area contributed by atoms with E-state index in [9.17, 15) is 4.79 Å². The highest BCUT2D eigenvalue weighted by Gasteiger charge is 2.11. The summed E-state index contributed by atoms with van der Waals surface area (Å²) >= 11 is 0.